The van der Waals surface area contributed by atoms with Crippen LogP contribution in [-0.4, -0.2) is 63.9 Å². The Balaban J connectivity index is 1.42. The third-order valence-electron chi connectivity index (χ3n) is 4.60. The van der Waals surface area contributed by atoms with Crippen LogP contribution in [0.5, 0.6) is 5.75 Å². The number of anilines is 1. The van der Waals surface area contributed by atoms with Crippen molar-refractivity contribution >= 4 is 17.4 Å². The fraction of sp³-hybridized carbons (Fsp3) is 0.294. The number of rotatable bonds is 4. The number of aromatic nitrogens is 4. The molecule has 0 saturated carbocycles. The molecule has 1 aromatic carbocycles. The summed E-state index contributed by atoms with van der Waals surface area (Å²) in [4.78, 5) is 16.3. The number of amides is 1. The average Bonchev–Trinajstić information content (AvgIpc) is 3.07. The Labute approximate surface area is 148 Å². The highest BCUT2D eigenvalue weighted by molar-refractivity contribution is 5.94. The smallest absolute Gasteiger partial charge is 0.254 e. The highest BCUT2D eigenvalue weighted by atomic mass is 19.1. The maximum atomic E-state index is 13.8. The molecule has 3 aromatic rings. The first-order valence-electron chi connectivity index (χ1n) is 8.09. The minimum absolute atomic E-state index is 0.0334. The van der Waals surface area contributed by atoms with Gasteiger partial charge in [0.25, 0.3) is 5.91 Å². The van der Waals surface area contributed by atoms with Gasteiger partial charge in [-0.05, 0) is 30.3 Å². The molecule has 1 fully saturated rings. The third-order valence-corrected chi connectivity index (χ3v) is 4.60. The first-order valence-corrected chi connectivity index (χ1v) is 8.09. The number of hydrogen-bond donors (Lipinski definition) is 0. The predicted octanol–water partition coefficient (Wildman–Crippen LogP) is 1.23. The van der Waals surface area contributed by atoms with E-state index in [9.17, 15) is 9.18 Å². The Kier molecular flexibility index (Phi) is 3.90. The molecule has 134 valence electrons. The van der Waals surface area contributed by atoms with Crippen molar-refractivity contribution in [1.82, 2.24) is 24.7 Å². The van der Waals surface area contributed by atoms with E-state index >= 15 is 0 Å². The molecule has 1 aliphatic heterocycles. The lowest BCUT2D eigenvalue weighted by molar-refractivity contribution is 0.0704. The van der Waals surface area contributed by atoms with Crippen LogP contribution in [0.2, 0.25) is 0 Å². The largest absolute Gasteiger partial charge is 0.494 e. The van der Waals surface area contributed by atoms with Crippen LogP contribution in [0.4, 0.5) is 10.2 Å². The van der Waals surface area contributed by atoms with E-state index in [1.165, 1.54) is 19.2 Å². The molecule has 8 nitrogen and oxygen atoms in total. The minimum atomic E-state index is -0.548. The van der Waals surface area contributed by atoms with E-state index in [-0.39, 0.29) is 17.7 Å². The zero-order valence-electron chi connectivity index (χ0n) is 14.3. The van der Waals surface area contributed by atoms with Crippen LogP contribution in [0.25, 0.3) is 5.65 Å². The Hall–Kier alpha value is -3.23. The molecule has 26 heavy (non-hydrogen) atoms. The monoisotopic (exact) mass is 356 g/mol. The number of halogens is 1. The fourth-order valence-electron chi connectivity index (χ4n) is 2.94. The zero-order chi connectivity index (χ0) is 18.3. The summed E-state index contributed by atoms with van der Waals surface area (Å²) in [5.41, 5.74) is 0.980. The number of carbonyl (C=O) groups excluding carboxylic acids is 1. The van der Waals surface area contributed by atoms with Gasteiger partial charge in [-0.15, -0.1) is 15.3 Å². The summed E-state index contributed by atoms with van der Waals surface area (Å²) in [6.07, 6.45) is 1.55. The normalized spacial score (nSPS) is 14.3. The fourth-order valence-corrected chi connectivity index (χ4v) is 2.94. The number of fused-ring (bicyclic) bond motifs is 1. The Bertz CT molecular complexity index is 969. The Morgan fingerprint density at radius 2 is 2.12 bits per heavy atom. The van der Waals surface area contributed by atoms with E-state index in [0.29, 0.717) is 24.3 Å². The van der Waals surface area contributed by atoms with Crippen molar-refractivity contribution in [2.45, 2.75) is 6.04 Å². The third kappa shape index (κ3) is 2.71. The van der Waals surface area contributed by atoms with E-state index in [0.717, 1.165) is 5.82 Å². The van der Waals surface area contributed by atoms with E-state index in [1.807, 2.05) is 12.1 Å². The Morgan fingerprint density at radius 3 is 2.85 bits per heavy atom. The van der Waals surface area contributed by atoms with E-state index in [1.54, 1.807) is 28.9 Å². The van der Waals surface area contributed by atoms with Crippen LogP contribution in [0.3, 0.4) is 0 Å². The van der Waals surface area contributed by atoms with Crippen molar-refractivity contribution in [2.75, 3.05) is 32.1 Å². The highest BCUT2D eigenvalue weighted by Crippen LogP contribution is 2.24. The summed E-state index contributed by atoms with van der Waals surface area (Å²) in [6, 6.07) is 7.99. The molecule has 1 saturated heterocycles. The highest BCUT2D eigenvalue weighted by Gasteiger charge is 2.34. The van der Waals surface area contributed by atoms with Gasteiger partial charge in [0, 0.05) is 25.7 Å². The van der Waals surface area contributed by atoms with Gasteiger partial charge in [0.1, 0.15) is 12.1 Å². The molecule has 4 rings (SSSR count). The second-order valence-electron chi connectivity index (χ2n) is 6.15. The van der Waals surface area contributed by atoms with E-state index in [2.05, 4.69) is 20.2 Å². The zero-order valence-corrected chi connectivity index (χ0v) is 14.3. The topological polar surface area (TPSA) is 75.9 Å². The van der Waals surface area contributed by atoms with Gasteiger partial charge in [0.15, 0.2) is 17.2 Å². The molecule has 0 radical (unpaired) electrons. The number of methoxy groups -OCH3 is 1. The summed E-state index contributed by atoms with van der Waals surface area (Å²) in [5.74, 6) is 0.145. The van der Waals surface area contributed by atoms with Gasteiger partial charge in [-0.3, -0.25) is 4.79 Å². The lowest BCUT2D eigenvalue weighted by atomic mass is 10.1. The number of hydrogen-bond acceptors (Lipinski definition) is 6. The predicted molar refractivity (Wildman–Crippen MR) is 91.8 cm³/mol. The summed E-state index contributed by atoms with van der Waals surface area (Å²) < 4.78 is 20.3. The van der Waals surface area contributed by atoms with Crippen molar-refractivity contribution < 1.29 is 13.9 Å². The summed E-state index contributed by atoms with van der Waals surface area (Å²) in [6.45, 7) is 1.31. The van der Waals surface area contributed by atoms with Crippen molar-refractivity contribution in [3.8, 4) is 5.75 Å². The number of benzene rings is 1. The van der Waals surface area contributed by atoms with Gasteiger partial charge in [-0.25, -0.2) is 4.39 Å². The molecule has 0 aliphatic carbocycles. The SMILES string of the molecule is COc1ccc(C(=O)N(C)C2CN(c3ccc4nncn4n3)C2)cc1F. The molecule has 1 aliphatic rings. The molecular weight excluding hydrogens is 339 g/mol. The van der Waals surface area contributed by atoms with Crippen LogP contribution in [0.1, 0.15) is 10.4 Å². The molecule has 2 aromatic heterocycles. The second kappa shape index (κ2) is 6.25. The first-order chi connectivity index (χ1) is 12.6. The number of ether oxygens (including phenoxy) is 1. The molecule has 0 N–H and O–H groups in total. The van der Waals surface area contributed by atoms with Crippen molar-refractivity contribution in [3.63, 3.8) is 0 Å². The van der Waals surface area contributed by atoms with Crippen LogP contribution >= 0.6 is 0 Å². The van der Waals surface area contributed by atoms with Crippen molar-refractivity contribution in [3.05, 3.63) is 48.0 Å². The van der Waals surface area contributed by atoms with Gasteiger partial charge >= 0.3 is 0 Å². The summed E-state index contributed by atoms with van der Waals surface area (Å²) >= 11 is 0. The molecular formula is C17H17FN6O2. The lowest BCUT2D eigenvalue weighted by Gasteiger charge is -2.44. The van der Waals surface area contributed by atoms with Gasteiger partial charge in [-0.1, -0.05) is 0 Å². The summed E-state index contributed by atoms with van der Waals surface area (Å²) in [7, 11) is 3.11. The second-order valence-corrected chi connectivity index (χ2v) is 6.15. The van der Waals surface area contributed by atoms with Gasteiger partial charge in [0.2, 0.25) is 0 Å². The van der Waals surface area contributed by atoms with Crippen molar-refractivity contribution in [2.24, 2.45) is 0 Å². The van der Waals surface area contributed by atoms with Crippen molar-refractivity contribution in [1.29, 1.82) is 0 Å². The Morgan fingerprint density at radius 1 is 1.31 bits per heavy atom. The van der Waals surface area contributed by atoms with Crippen LogP contribution in [0, 0.1) is 5.82 Å². The van der Waals surface area contributed by atoms with Crippen LogP contribution in [0.15, 0.2) is 36.7 Å². The maximum Gasteiger partial charge on any atom is 0.254 e. The molecule has 0 bridgehead atoms. The lowest BCUT2D eigenvalue weighted by Crippen LogP contribution is -2.60. The number of likely N-dealkylation sites (N-methyl/N-ethyl adjacent to an activating group) is 1. The van der Waals surface area contributed by atoms with Gasteiger partial charge in [0.05, 0.1) is 13.2 Å². The standard InChI is InChI=1S/C17H17FN6O2/c1-22(17(25)11-3-4-14(26-2)13(18)7-11)12-8-23(9-12)16-6-5-15-20-19-10-24(15)21-16/h3-7,10,12H,8-9H2,1-2H3. The van der Waals surface area contributed by atoms with Gasteiger partial charge < -0.3 is 14.5 Å². The first kappa shape index (κ1) is 16.2. The molecule has 0 spiro atoms. The van der Waals surface area contributed by atoms with Crippen LogP contribution < -0.4 is 9.64 Å². The number of nitrogens with zero attached hydrogens (tertiary/aromatic N) is 6. The molecule has 1 amide bonds. The van der Waals surface area contributed by atoms with Gasteiger partial charge in [-0.2, -0.15) is 4.52 Å². The molecule has 0 unspecified atom stereocenters. The quantitative estimate of drug-likeness (QED) is 0.700. The molecule has 0 atom stereocenters. The van der Waals surface area contributed by atoms with E-state index < -0.39 is 5.82 Å². The number of carbonyl (C=O) groups is 1. The maximum absolute atomic E-state index is 13.8. The summed E-state index contributed by atoms with van der Waals surface area (Å²) in [5, 5.41) is 12.2. The average molecular weight is 356 g/mol. The molecule has 3 heterocycles. The van der Waals surface area contributed by atoms with E-state index in [4.69, 9.17) is 4.74 Å². The molecule has 9 heteroatoms. The van der Waals surface area contributed by atoms with Crippen LogP contribution in [-0.2, 0) is 0 Å². The minimum Gasteiger partial charge on any atom is -0.494 e.